The molecule has 0 aliphatic carbocycles. The van der Waals surface area contributed by atoms with Gasteiger partial charge in [0.2, 0.25) is 5.28 Å². The van der Waals surface area contributed by atoms with Crippen molar-refractivity contribution in [3.63, 3.8) is 0 Å². The first kappa shape index (κ1) is 15.7. The molecule has 0 fully saturated rings. The third-order valence-corrected chi connectivity index (χ3v) is 0.0730. The molecule has 0 aromatic rings. The van der Waals surface area contributed by atoms with Crippen LogP contribution in [0.1, 0.15) is 0 Å². The monoisotopic (exact) mass is 123 g/mol. The van der Waals surface area contributed by atoms with E-state index in [0.717, 1.165) is 0 Å². The van der Waals surface area contributed by atoms with E-state index in [4.69, 9.17) is 15.6 Å². The van der Waals surface area contributed by atoms with Gasteiger partial charge in [0.25, 0.3) is 0 Å². The molecule has 0 spiro atoms. The normalized spacial score (nSPS) is 4.57. The maximum Gasteiger partial charge on any atom is 1.00 e. The minimum atomic E-state index is -1.19. The molecular formula is HN2Na2O3+. The molecule has 0 rings (SSSR count). The molecule has 0 saturated heterocycles. The summed E-state index contributed by atoms with van der Waals surface area (Å²) in [5.41, 5.74) is 0. The van der Waals surface area contributed by atoms with E-state index < -0.39 is 5.02 Å². The summed E-state index contributed by atoms with van der Waals surface area (Å²) in [5, 5.41) is 25.0. The third kappa shape index (κ3) is 19.4. The number of hydrogen-bond acceptors (Lipinski definition) is 3. The topological polar surface area (TPSA) is 81.7 Å². The van der Waals surface area contributed by atoms with Gasteiger partial charge in [0.15, 0.2) is 0 Å². The molecular weight excluding hydrogens is 122 g/mol. The number of rotatable bonds is 0. The van der Waals surface area contributed by atoms with Crippen molar-refractivity contribution >= 4 is 0 Å². The van der Waals surface area contributed by atoms with Crippen LogP contribution in [0.2, 0.25) is 0 Å². The van der Waals surface area contributed by atoms with Crippen LogP contribution >= 0.6 is 0 Å². The quantitative estimate of drug-likeness (QED) is 0.197. The zero-order chi connectivity index (χ0) is 4.28. The first-order chi connectivity index (χ1) is 2.27. The Morgan fingerprint density at radius 2 is 1.43 bits per heavy atom. The molecule has 0 aromatic carbocycles. The van der Waals surface area contributed by atoms with Gasteiger partial charge in [-0.05, 0) is 5.02 Å². The molecule has 7 heteroatoms. The van der Waals surface area contributed by atoms with Crippen LogP contribution in [0.4, 0.5) is 0 Å². The van der Waals surface area contributed by atoms with Crippen molar-refractivity contribution in [3.05, 3.63) is 10.4 Å². The van der Waals surface area contributed by atoms with Crippen molar-refractivity contribution in [2.24, 2.45) is 5.28 Å². The van der Waals surface area contributed by atoms with Crippen LogP contribution in [0.25, 0.3) is 0 Å². The summed E-state index contributed by atoms with van der Waals surface area (Å²) in [6, 6.07) is 0. The Kier molecular flexibility index (Phi) is 22.6. The van der Waals surface area contributed by atoms with Crippen LogP contribution < -0.4 is 59.1 Å². The zero-order valence-electron chi connectivity index (χ0n) is 4.16. The molecule has 7 heavy (non-hydrogen) atoms. The van der Waals surface area contributed by atoms with Crippen molar-refractivity contribution in [1.29, 1.82) is 0 Å². The van der Waals surface area contributed by atoms with Crippen molar-refractivity contribution in [3.8, 4) is 0 Å². The fourth-order valence-electron chi connectivity index (χ4n) is 0. The first-order valence-corrected chi connectivity index (χ1v) is 0.765. The molecule has 1 N–H and O–H groups in total. The van der Waals surface area contributed by atoms with E-state index in [1.807, 2.05) is 0 Å². The van der Waals surface area contributed by atoms with Crippen LogP contribution in [-0.4, -0.2) is 10.2 Å². The van der Waals surface area contributed by atoms with Gasteiger partial charge in [-0.1, -0.05) is 0 Å². The Bertz CT molecular complexity index is 48.9. The Balaban J connectivity index is -0.0000000800. The van der Waals surface area contributed by atoms with Crippen LogP contribution in [0.15, 0.2) is 5.28 Å². The van der Waals surface area contributed by atoms with Gasteiger partial charge >= 0.3 is 59.1 Å². The Morgan fingerprint density at radius 3 is 1.43 bits per heavy atom. The Labute approximate surface area is 84.1 Å². The van der Waals surface area contributed by atoms with Gasteiger partial charge < -0.3 is 15.6 Å². The van der Waals surface area contributed by atoms with Gasteiger partial charge in [-0.3, -0.25) is 0 Å². The fraction of sp³-hybridized carbons (Fsp3) is 0. The van der Waals surface area contributed by atoms with Gasteiger partial charge in [0, 0.05) is 0 Å². The average Bonchev–Trinajstić information content (AvgIpc) is 1.38. The second-order valence-electron chi connectivity index (χ2n) is 0.327. The van der Waals surface area contributed by atoms with Crippen molar-refractivity contribution < 1.29 is 69.3 Å². The minimum absolute atomic E-state index is 0. The minimum Gasteiger partial charge on any atom is -0.585 e. The molecule has 0 aliphatic rings. The molecule has 0 atom stereocenters. The maximum absolute atomic E-state index is 8.76. The predicted molar refractivity (Wildman–Crippen MR) is 11.2 cm³/mol. The molecule has 0 heterocycles. The van der Waals surface area contributed by atoms with Crippen LogP contribution in [0.3, 0.4) is 0 Å². The second kappa shape index (κ2) is 10.1. The predicted octanol–water partition coefficient (Wildman–Crippen LogP) is -6.16. The molecule has 0 aliphatic heterocycles. The van der Waals surface area contributed by atoms with Crippen molar-refractivity contribution in [2.75, 3.05) is 0 Å². The molecule has 0 amide bonds. The largest absolute Gasteiger partial charge is 1.00 e. The van der Waals surface area contributed by atoms with E-state index in [0.29, 0.717) is 0 Å². The standard InChI is InChI=1S/HN2O3.2Na/c3-1-2(4)5;;/h(H-,1,3,4,5);;/q-1;2*+1. The molecule has 0 radical (unpaired) electrons. The fourth-order valence-corrected chi connectivity index (χ4v) is 0. The molecule has 0 aromatic heterocycles. The van der Waals surface area contributed by atoms with Crippen LogP contribution in [-0.2, 0) is 0 Å². The number of hydrogen-bond donors (Lipinski definition) is 1. The summed E-state index contributed by atoms with van der Waals surface area (Å²) >= 11 is 0. The van der Waals surface area contributed by atoms with Gasteiger partial charge in [-0.15, -0.1) is 0 Å². The summed E-state index contributed by atoms with van der Waals surface area (Å²) in [6.45, 7) is 0. The van der Waals surface area contributed by atoms with E-state index in [9.17, 15) is 0 Å². The zero-order valence-corrected chi connectivity index (χ0v) is 8.16. The van der Waals surface area contributed by atoms with Crippen LogP contribution in [0.5, 0.6) is 0 Å². The molecule has 0 bridgehead atoms. The van der Waals surface area contributed by atoms with Crippen LogP contribution in [0, 0.1) is 10.4 Å². The van der Waals surface area contributed by atoms with E-state index in [1.54, 1.807) is 5.28 Å². The van der Waals surface area contributed by atoms with Crippen molar-refractivity contribution in [1.82, 2.24) is 0 Å². The summed E-state index contributed by atoms with van der Waals surface area (Å²) in [7, 11) is 0. The molecule has 30 valence electrons. The molecule has 0 saturated carbocycles. The summed E-state index contributed by atoms with van der Waals surface area (Å²) in [6.07, 6.45) is 0. The summed E-state index contributed by atoms with van der Waals surface area (Å²) in [4.78, 5) is 0. The van der Waals surface area contributed by atoms with E-state index in [-0.39, 0.29) is 59.1 Å². The average molecular weight is 123 g/mol. The van der Waals surface area contributed by atoms with Crippen molar-refractivity contribution in [2.45, 2.75) is 0 Å². The smallest absolute Gasteiger partial charge is 0.585 e. The maximum atomic E-state index is 8.76. The van der Waals surface area contributed by atoms with Gasteiger partial charge in [0.05, 0.1) is 0 Å². The van der Waals surface area contributed by atoms with E-state index in [2.05, 4.69) is 0 Å². The Morgan fingerprint density at radius 1 is 1.29 bits per heavy atom. The summed E-state index contributed by atoms with van der Waals surface area (Å²) in [5.74, 6) is 0. The summed E-state index contributed by atoms with van der Waals surface area (Å²) < 4.78 is 0. The Hall–Kier alpha value is 1.00. The molecule has 5 nitrogen and oxygen atoms in total. The number of nitrogens with zero attached hydrogens (tertiary/aromatic N) is 2. The van der Waals surface area contributed by atoms with Gasteiger partial charge in [-0.2, -0.15) is 0 Å². The van der Waals surface area contributed by atoms with Gasteiger partial charge in [0.1, 0.15) is 0 Å². The van der Waals surface area contributed by atoms with E-state index in [1.165, 1.54) is 0 Å². The second-order valence-corrected chi connectivity index (χ2v) is 0.327. The first-order valence-electron chi connectivity index (χ1n) is 0.765. The van der Waals surface area contributed by atoms with Gasteiger partial charge in [-0.25, -0.2) is 0 Å². The molecule has 0 unspecified atom stereocenters. The SMILES string of the molecule is [Na+].[Na+].[O-][N+]([O-])=NO. The third-order valence-electron chi connectivity index (χ3n) is 0.0730. The van der Waals surface area contributed by atoms with E-state index >= 15 is 0 Å².